The molecule has 0 aliphatic carbocycles. The predicted octanol–water partition coefficient (Wildman–Crippen LogP) is 4.73. The van der Waals surface area contributed by atoms with Crippen molar-refractivity contribution in [3.63, 3.8) is 0 Å². The van der Waals surface area contributed by atoms with Gasteiger partial charge >= 0.3 is 0 Å². The predicted molar refractivity (Wildman–Crippen MR) is 92.5 cm³/mol. The van der Waals surface area contributed by atoms with Crippen LogP contribution in [0.25, 0.3) is 22.2 Å². The summed E-state index contributed by atoms with van der Waals surface area (Å²) >= 11 is 0. The lowest BCUT2D eigenvalue weighted by Crippen LogP contribution is -2.01. The molecule has 22 heavy (non-hydrogen) atoms. The Bertz CT molecular complexity index is 769. The van der Waals surface area contributed by atoms with Crippen LogP contribution in [0.1, 0.15) is 13.3 Å². The number of aromatic nitrogens is 1. The molecule has 0 atom stereocenters. The van der Waals surface area contributed by atoms with Crippen LogP contribution >= 0.6 is 0 Å². The molecular formula is C19H20N2O. The minimum atomic E-state index is 0.826. The van der Waals surface area contributed by atoms with Gasteiger partial charge in [-0.1, -0.05) is 37.3 Å². The van der Waals surface area contributed by atoms with Crippen molar-refractivity contribution in [3.8, 4) is 17.0 Å². The highest BCUT2D eigenvalue weighted by Crippen LogP contribution is 2.30. The monoisotopic (exact) mass is 292 g/mol. The number of rotatable bonds is 5. The van der Waals surface area contributed by atoms with E-state index < -0.39 is 0 Å². The van der Waals surface area contributed by atoms with E-state index in [-0.39, 0.29) is 0 Å². The molecule has 112 valence electrons. The van der Waals surface area contributed by atoms with Crippen LogP contribution in [0.5, 0.6) is 5.75 Å². The molecule has 0 unspecified atom stereocenters. The fourth-order valence-corrected chi connectivity index (χ4v) is 2.50. The average molecular weight is 292 g/mol. The van der Waals surface area contributed by atoms with Crippen molar-refractivity contribution in [2.24, 2.45) is 0 Å². The van der Waals surface area contributed by atoms with Gasteiger partial charge < -0.3 is 10.1 Å². The Morgan fingerprint density at radius 3 is 2.59 bits per heavy atom. The Labute approximate surface area is 131 Å². The van der Waals surface area contributed by atoms with Crippen molar-refractivity contribution in [2.75, 3.05) is 19.0 Å². The van der Waals surface area contributed by atoms with Crippen LogP contribution in [0.15, 0.2) is 54.6 Å². The van der Waals surface area contributed by atoms with Gasteiger partial charge in [0.05, 0.1) is 18.3 Å². The summed E-state index contributed by atoms with van der Waals surface area (Å²) in [4.78, 5) is 4.80. The summed E-state index contributed by atoms with van der Waals surface area (Å²) in [7, 11) is 1.68. The third-order valence-electron chi connectivity index (χ3n) is 3.65. The summed E-state index contributed by atoms with van der Waals surface area (Å²) in [5.74, 6) is 0.826. The van der Waals surface area contributed by atoms with Crippen LogP contribution < -0.4 is 10.1 Å². The summed E-state index contributed by atoms with van der Waals surface area (Å²) in [5.41, 5.74) is 4.15. The van der Waals surface area contributed by atoms with Gasteiger partial charge in [-0.25, -0.2) is 4.98 Å². The Balaban J connectivity index is 2.16. The largest absolute Gasteiger partial charge is 0.497 e. The maximum atomic E-state index is 5.33. The first-order valence-electron chi connectivity index (χ1n) is 7.60. The normalized spacial score (nSPS) is 10.6. The molecule has 0 saturated heterocycles. The van der Waals surface area contributed by atoms with E-state index >= 15 is 0 Å². The smallest absolute Gasteiger partial charge is 0.121 e. The molecule has 0 spiro atoms. The van der Waals surface area contributed by atoms with Gasteiger partial charge in [-0.15, -0.1) is 0 Å². The van der Waals surface area contributed by atoms with Gasteiger partial charge in [0, 0.05) is 29.2 Å². The zero-order chi connectivity index (χ0) is 15.4. The second kappa shape index (κ2) is 6.48. The topological polar surface area (TPSA) is 34.2 Å². The lowest BCUT2D eigenvalue weighted by molar-refractivity contribution is 0.415. The highest BCUT2D eigenvalue weighted by atomic mass is 16.5. The molecule has 3 heteroatoms. The van der Waals surface area contributed by atoms with Crippen LogP contribution in [-0.4, -0.2) is 18.6 Å². The molecule has 3 rings (SSSR count). The van der Waals surface area contributed by atoms with Crippen LogP contribution in [0, 0.1) is 0 Å². The van der Waals surface area contributed by atoms with Crippen LogP contribution in [0.3, 0.4) is 0 Å². The number of fused-ring (bicyclic) bond motifs is 1. The number of anilines is 1. The molecule has 3 nitrogen and oxygen atoms in total. The minimum absolute atomic E-state index is 0.826. The molecule has 3 aromatic rings. The summed E-state index contributed by atoms with van der Waals surface area (Å²) in [5, 5.41) is 4.62. The van der Waals surface area contributed by atoms with Gasteiger partial charge in [-0.2, -0.15) is 0 Å². The van der Waals surface area contributed by atoms with Crippen molar-refractivity contribution in [3.05, 3.63) is 54.6 Å². The molecule has 1 aromatic heterocycles. The number of hydrogen-bond acceptors (Lipinski definition) is 3. The number of methoxy groups -OCH3 is 1. The van der Waals surface area contributed by atoms with E-state index in [0.717, 1.165) is 46.6 Å². The molecule has 0 saturated carbocycles. The molecule has 0 aliphatic heterocycles. The number of nitrogens with one attached hydrogen (secondary N) is 1. The van der Waals surface area contributed by atoms with Crippen LogP contribution in [0.2, 0.25) is 0 Å². The third-order valence-corrected chi connectivity index (χ3v) is 3.65. The Morgan fingerprint density at radius 2 is 1.86 bits per heavy atom. The maximum Gasteiger partial charge on any atom is 0.121 e. The van der Waals surface area contributed by atoms with E-state index in [1.54, 1.807) is 7.11 Å². The molecule has 1 heterocycles. The van der Waals surface area contributed by atoms with E-state index in [0.29, 0.717) is 0 Å². The number of nitrogens with zero attached hydrogens (tertiary/aromatic N) is 1. The fraction of sp³-hybridized carbons (Fsp3) is 0.211. The van der Waals surface area contributed by atoms with Crippen molar-refractivity contribution in [2.45, 2.75) is 13.3 Å². The number of benzene rings is 2. The van der Waals surface area contributed by atoms with Crippen LogP contribution in [0.4, 0.5) is 5.69 Å². The zero-order valence-electron chi connectivity index (χ0n) is 13.0. The first-order valence-corrected chi connectivity index (χ1v) is 7.60. The van der Waals surface area contributed by atoms with Gasteiger partial charge in [0.1, 0.15) is 5.75 Å². The van der Waals surface area contributed by atoms with E-state index in [1.807, 2.05) is 30.3 Å². The summed E-state index contributed by atoms with van der Waals surface area (Å²) < 4.78 is 5.33. The Hall–Kier alpha value is -2.55. The Morgan fingerprint density at radius 1 is 1.05 bits per heavy atom. The first kappa shape index (κ1) is 14.4. The second-order valence-electron chi connectivity index (χ2n) is 5.23. The molecule has 0 bridgehead atoms. The van der Waals surface area contributed by atoms with E-state index in [4.69, 9.17) is 9.72 Å². The molecule has 1 N–H and O–H groups in total. The summed E-state index contributed by atoms with van der Waals surface area (Å²) in [6, 6.07) is 18.4. The number of ether oxygens (including phenoxy) is 1. The molecule has 0 aliphatic rings. The van der Waals surface area contributed by atoms with Crippen molar-refractivity contribution < 1.29 is 4.74 Å². The zero-order valence-corrected chi connectivity index (χ0v) is 13.0. The van der Waals surface area contributed by atoms with Gasteiger partial charge in [-0.3, -0.25) is 0 Å². The lowest BCUT2D eigenvalue weighted by atomic mass is 10.1. The van der Waals surface area contributed by atoms with Crippen molar-refractivity contribution in [1.29, 1.82) is 0 Å². The second-order valence-corrected chi connectivity index (χ2v) is 5.23. The van der Waals surface area contributed by atoms with Gasteiger partial charge in [0.15, 0.2) is 0 Å². The van der Waals surface area contributed by atoms with Gasteiger partial charge in [0.25, 0.3) is 0 Å². The van der Waals surface area contributed by atoms with Crippen LogP contribution in [-0.2, 0) is 0 Å². The SMILES string of the molecule is CCCNc1cc(-c2ccccc2)nc2cc(OC)ccc12. The highest BCUT2D eigenvalue weighted by molar-refractivity contribution is 5.94. The van der Waals surface area contributed by atoms with Crippen molar-refractivity contribution in [1.82, 2.24) is 4.98 Å². The van der Waals surface area contributed by atoms with E-state index in [9.17, 15) is 0 Å². The quantitative estimate of drug-likeness (QED) is 0.738. The fourth-order valence-electron chi connectivity index (χ4n) is 2.50. The molecular weight excluding hydrogens is 272 g/mol. The summed E-state index contributed by atoms with van der Waals surface area (Å²) in [6.07, 6.45) is 1.08. The van der Waals surface area contributed by atoms with E-state index in [1.165, 1.54) is 0 Å². The number of hydrogen-bond donors (Lipinski definition) is 1. The standard InChI is InChI=1S/C19H20N2O/c1-3-11-20-18-13-17(14-7-5-4-6-8-14)21-19-12-15(22-2)9-10-16(18)19/h4-10,12-13H,3,11H2,1-2H3,(H,20,21). The third kappa shape index (κ3) is 2.89. The summed E-state index contributed by atoms with van der Waals surface area (Å²) in [6.45, 7) is 3.11. The molecule has 2 aromatic carbocycles. The average Bonchev–Trinajstić information content (AvgIpc) is 2.59. The first-order chi connectivity index (χ1) is 10.8. The van der Waals surface area contributed by atoms with Gasteiger partial charge in [-0.05, 0) is 24.6 Å². The Kier molecular flexibility index (Phi) is 4.24. The minimum Gasteiger partial charge on any atom is -0.497 e. The maximum absolute atomic E-state index is 5.33. The molecule has 0 amide bonds. The molecule has 0 radical (unpaired) electrons. The van der Waals surface area contributed by atoms with E-state index in [2.05, 4.69) is 36.5 Å². The van der Waals surface area contributed by atoms with Crippen molar-refractivity contribution >= 4 is 16.6 Å². The van der Waals surface area contributed by atoms with Gasteiger partial charge in [0.2, 0.25) is 0 Å². The lowest BCUT2D eigenvalue weighted by Gasteiger charge is -2.12. The molecule has 0 fully saturated rings. The highest BCUT2D eigenvalue weighted by Gasteiger charge is 2.08. The number of pyridine rings is 1.